The Kier molecular flexibility index (Phi) is 9.39. The number of para-hydroxylation sites is 1. The largest absolute Gasteiger partial charge is 0.483 e. The van der Waals surface area contributed by atoms with Crippen LogP contribution in [0, 0.1) is 5.82 Å². The number of aromatic nitrogens is 2. The van der Waals surface area contributed by atoms with Crippen molar-refractivity contribution in [3.05, 3.63) is 66.6 Å². The molecule has 4 rings (SSSR count). The molecule has 0 bridgehead atoms. The number of fused-ring (bicyclic) bond motifs is 1. The van der Waals surface area contributed by atoms with Gasteiger partial charge in [0.15, 0.2) is 0 Å². The van der Waals surface area contributed by atoms with Crippen molar-refractivity contribution in [3.63, 3.8) is 0 Å². The minimum Gasteiger partial charge on any atom is -0.483 e. The van der Waals surface area contributed by atoms with Gasteiger partial charge in [0.25, 0.3) is 6.47 Å². The van der Waals surface area contributed by atoms with Crippen LogP contribution in [-0.4, -0.2) is 74.0 Å². The Morgan fingerprint density at radius 3 is 2.42 bits per heavy atom. The second kappa shape index (κ2) is 12.5. The summed E-state index contributed by atoms with van der Waals surface area (Å²) in [5.41, 5.74) is 5.41. The van der Waals surface area contributed by atoms with E-state index in [1.165, 1.54) is 11.8 Å². The third-order valence-corrected chi connectivity index (χ3v) is 7.10. The number of carboxylic acid groups (broad SMARTS) is 1. The maximum atomic E-state index is 14.7. The van der Waals surface area contributed by atoms with E-state index in [1.54, 1.807) is 12.3 Å². The SMILES string of the molecule is CN(C)CCN(C)c1ccc(-c2cc3c(Nc4c(F)cccc4P(C)C)ccnc3[nH]2)cc1.O=CO. The molecule has 7 nitrogen and oxygen atoms in total. The molecule has 2 aromatic heterocycles. The molecular formula is C27H33FN5O2P. The number of aromatic amines is 1. The third kappa shape index (κ3) is 6.59. The molecule has 0 amide bonds. The quantitative estimate of drug-likeness (QED) is 0.224. The summed E-state index contributed by atoms with van der Waals surface area (Å²) in [6.07, 6.45) is 1.75. The Morgan fingerprint density at radius 1 is 1.08 bits per heavy atom. The number of benzene rings is 2. The van der Waals surface area contributed by atoms with Crippen LogP contribution in [-0.2, 0) is 4.79 Å². The van der Waals surface area contributed by atoms with Crippen LogP contribution in [0.2, 0.25) is 0 Å². The summed E-state index contributed by atoms with van der Waals surface area (Å²) < 4.78 is 14.7. The number of likely N-dealkylation sites (N-methyl/N-ethyl adjacent to an activating group) is 2. The zero-order chi connectivity index (χ0) is 26.2. The lowest BCUT2D eigenvalue weighted by Crippen LogP contribution is -2.28. The Labute approximate surface area is 212 Å². The van der Waals surface area contributed by atoms with Gasteiger partial charge in [-0.15, -0.1) is 0 Å². The molecule has 0 aliphatic heterocycles. The van der Waals surface area contributed by atoms with Crippen LogP contribution in [0.5, 0.6) is 0 Å². The average Bonchev–Trinajstić information content (AvgIpc) is 3.29. The highest BCUT2D eigenvalue weighted by atomic mass is 31.1. The molecule has 0 atom stereocenters. The highest BCUT2D eigenvalue weighted by Gasteiger charge is 2.14. The normalized spacial score (nSPS) is 10.9. The number of hydrogen-bond donors (Lipinski definition) is 3. The van der Waals surface area contributed by atoms with E-state index in [4.69, 9.17) is 9.90 Å². The van der Waals surface area contributed by atoms with Crippen LogP contribution < -0.4 is 15.5 Å². The van der Waals surface area contributed by atoms with E-state index in [1.807, 2.05) is 12.1 Å². The Hall–Kier alpha value is -3.48. The van der Waals surface area contributed by atoms with Crippen LogP contribution in [0.4, 0.5) is 21.5 Å². The zero-order valence-electron chi connectivity index (χ0n) is 21.3. The lowest BCUT2D eigenvalue weighted by molar-refractivity contribution is -0.122. The molecule has 0 radical (unpaired) electrons. The van der Waals surface area contributed by atoms with E-state index in [2.05, 4.69) is 89.9 Å². The first kappa shape index (κ1) is 27.1. The van der Waals surface area contributed by atoms with Crippen molar-refractivity contribution >= 4 is 47.8 Å². The van der Waals surface area contributed by atoms with Crippen molar-refractivity contribution in [2.45, 2.75) is 0 Å². The number of pyridine rings is 1. The van der Waals surface area contributed by atoms with Gasteiger partial charge in [0, 0.05) is 48.4 Å². The molecule has 0 spiro atoms. The van der Waals surface area contributed by atoms with E-state index in [9.17, 15) is 4.39 Å². The fourth-order valence-electron chi connectivity index (χ4n) is 3.81. The fraction of sp³-hybridized carbons (Fsp3) is 0.259. The van der Waals surface area contributed by atoms with Crippen molar-refractivity contribution in [3.8, 4) is 11.3 Å². The molecule has 4 aromatic rings. The third-order valence-electron chi connectivity index (χ3n) is 5.77. The maximum Gasteiger partial charge on any atom is 0.290 e. The molecular weight excluding hydrogens is 476 g/mol. The first-order valence-electron chi connectivity index (χ1n) is 11.5. The van der Waals surface area contributed by atoms with Crippen molar-refractivity contribution in [2.24, 2.45) is 0 Å². The van der Waals surface area contributed by atoms with Crippen molar-refractivity contribution in [1.82, 2.24) is 14.9 Å². The number of rotatable bonds is 8. The summed E-state index contributed by atoms with van der Waals surface area (Å²) in [5, 5.41) is 12.2. The summed E-state index contributed by atoms with van der Waals surface area (Å²) in [6.45, 7) is 5.98. The van der Waals surface area contributed by atoms with Gasteiger partial charge in [0.05, 0.1) is 11.4 Å². The molecule has 0 fully saturated rings. The van der Waals surface area contributed by atoms with E-state index >= 15 is 0 Å². The van der Waals surface area contributed by atoms with Gasteiger partial charge in [-0.2, -0.15) is 0 Å². The van der Waals surface area contributed by atoms with E-state index in [0.717, 1.165) is 46.4 Å². The van der Waals surface area contributed by atoms with Gasteiger partial charge < -0.3 is 25.2 Å². The van der Waals surface area contributed by atoms with E-state index in [0.29, 0.717) is 5.69 Å². The molecule has 0 saturated carbocycles. The van der Waals surface area contributed by atoms with Crippen LogP contribution in [0.3, 0.4) is 0 Å². The number of nitrogens with zero attached hydrogens (tertiary/aromatic N) is 3. The van der Waals surface area contributed by atoms with Gasteiger partial charge in [-0.1, -0.05) is 32.2 Å². The summed E-state index contributed by atoms with van der Waals surface area (Å²) in [7, 11) is 5.83. The van der Waals surface area contributed by atoms with Gasteiger partial charge in [0.1, 0.15) is 11.5 Å². The average molecular weight is 510 g/mol. The molecule has 36 heavy (non-hydrogen) atoms. The summed E-state index contributed by atoms with van der Waals surface area (Å²) in [5.74, 6) is -0.238. The van der Waals surface area contributed by atoms with Crippen LogP contribution in [0.1, 0.15) is 0 Å². The van der Waals surface area contributed by atoms with Crippen LogP contribution in [0.15, 0.2) is 60.8 Å². The molecule has 0 saturated heterocycles. The first-order valence-corrected chi connectivity index (χ1v) is 13.7. The number of anilines is 3. The molecule has 0 unspecified atom stereocenters. The predicted octanol–water partition coefficient (Wildman–Crippen LogP) is 5.18. The topological polar surface area (TPSA) is 84.5 Å². The molecule has 0 aliphatic carbocycles. The Bertz CT molecular complexity index is 1290. The van der Waals surface area contributed by atoms with Crippen LogP contribution in [0.25, 0.3) is 22.3 Å². The first-order chi connectivity index (χ1) is 17.2. The van der Waals surface area contributed by atoms with Gasteiger partial charge in [-0.05, 0) is 63.3 Å². The fourth-order valence-corrected chi connectivity index (χ4v) is 4.80. The number of nitrogens with one attached hydrogen (secondary N) is 2. The maximum absolute atomic E-state index is 14.7. The summed E-state index contributed by atoms with van der Waals surface area (Å²) >= 11 is 0. The molecule has 0 aliphatic rings. The van der Waals surface area contributed by atoms with E-state index < -0.39 is 7.92 Å². The summed E-state index contributed by atoms with van der Waals surface area (Å²) in [6, 6.07) is 17.8. The van der Waals surface area contributed by atoms with Crippen LogP contribution >= 0.6 is 7.92 Å². The Balaban J connectivity index is 0.00000115. The number of hydrogen-bond acceptors (Lipinski definition) is 5. The van der Waals surface area contributed by atoms with Gasteiger partial charge >= 0.3 is 0 Å². The molecule has 2 heterocycles. The summed E-state index contributed by atoms with van der Waals surface area (Å²) in [4.78, 5) is 20.7. The van der Waals surface area contributed by atoms with Crippen molar-refractivity contribution in [2.75, 3.05) is 57.8 Å². The number of H-pyrrole nitrogens is 1. The minimum absolute atomic E-state index is 0.238. The second-order valence-corrected chi connectivity index (χ2v) is 11.1. The lowest BCUT2D eigenvalue weighted by atomic mass is 10.1. The number of halogens is 1. The van der Waals surface area contributed by atoms with Gasteiger partial charge in [-0.3, -0.25) is 4.79 Å². The Morgan fingerprint density at radius 2 is 1.78 bits per heavy atom. The predicted molar refractivity (Wildman–Crippen MR) is 150 cm³/mol. The standard InChI is InChI=1S/C26H31FN5P.CH2O2/c1-31(2)15-16-32(3)19-11-9-18(10-12-19)23-17-20-22(13-14-28-26(20)30-23)29-25-21(27)7-6-8-24(25)33(4)5;2-1-3/h6-14,17H,15-16H2,1-5H3,(H2,28,29,30);1H,(H,2,3). The zero-order valence-corrected chi connectivity index (χ0v) is 22.2. The smallest absolute Gasteiger partial charge is 0.290 e. The van der Waals surface area contributed by atoms with Crippen molar-refractivity contribution < 1.29 is 14.3 Å². The van der Waals surface area contributed by atoms with E-state index in [-0.39, 0.29) is 12.3 Å². The molecule has 2 aromatic carbocycles. The monoisotopic (exact) mass is 509 g/mol. The number of carbonyl (C=O) groups is 1. The minimum atomic E-state index is -0.451. The molecule has 9 heteroatoms. The lowest BCUT2D eigenvalue weighted by Gasteiger charge is -2.21. The molecule has 190 valence electrons. The van der Waals surface area contributed by atoms with Gasteiger partial charge in [0.2, 0.25) is 0 Å². The second-order valence-electron chi connectivity index (χ2n) is 8.83. The molecule has 3 N–H and O–H groups in total. The van der Waals surface area contributed by atoms with Gasteiger partial charge in [-0.25, -0.2) is 9.37 Å². The van der Waals surface area contributed by atoms with Crippen molar-refractivity contribution in [1.29, 1.82) is 0 Å². The highest BCUT2D eigenvalue weighted by molar-refractivity contribution is 7.64. The highest BCUT2D eigenvalue weighted by Crippen LogP contribution is 2.34.